The molecule has 1 heterocycles. The van der Waals surface area contributed by atoms with E-state index in [4.69, 9.17) is 4.74 Å². The predicted octanol–water partition coefficient (Wildman–Crippen LogP) is 2.00. The standard InChI is InChI=1S/C16H21NO3/c1-13(18)11-15(14-5-3-2-4-6-14)12-16(19)17-7-9-20-10-8-17/h2-6,15H,7-12H2,1H3. The Bertz CT molecular complexity index is 452. The average Bonchev–Trinajstić information content (AvgIpc) is 2.48. The van der Waals surface area contributed by atoms with E-state index in [-0.39, 0.29) is 17.6 Å². The first kappa shape index (κ1) is 14.7. The molecule has 0 radical (unpaired) electrons. The van der Waals surface area contributed by atoms with E-state index in [0.717, 1.165) is 5.56 Å². The quantitative estimate of drug-likeness (QED) is 0.825. The van der Waals surface area contributed by atoms with Crippen LogP contribution in [0, 0.1) is 0 Å². The van der Waals surface area contributed by atoms with Gasteiger partial charge >= 0.3 is 0 Å². The van der Waals surface area contributed by atoms with Crippen LogP contribution in [0.3, 0.4) is 0 Å². The molecule has 0 aliphatic carbocycles. The molecule has 0 saturated carbocycles. The molecule has 1 unspecified atom stereocenters. The Morgan fingerprint density at radius 1 is 1.15 bits per heavy atom. The monoisotopic (exact) mass is 275 g/mol. The molecular formula is C16H21NO3. The number of hydrogen-bond donors (Lipinski definition) is 0. The van der Waals surface area contributed by atoms with Crippen molar-refractivity contribution in [2.24, 2.45) is 0 Å². The molecule has 1 aromatic carbocycles. The first-order chi connectivity index (χ1) is 9.66. The lowest BCUT2D eigenvalue weighted by Gasteiger charge is -2.28. The van der Waals surface area contributed by atoms with Crippen molar-refractivity contribution in [2.75, 3.05) is 26.3 Å². The van der Waals surface area contributed by atoms with Gasteiger partial charge in [-0.1, -0.05) is 30.3 Å². The lowest BCUT2D eigenvalue weighted by atomic mass is 9.90. The maximum absolute atomic E-state index is 12.3. The second-order valence-corrected chi connectivity index (χ2v) is 5.21. The zero-order chi connectivity index (χ0) is 14.4. The molecule has 2 rings (SSSR count). The number of carbonyl (C=O) groups is 2. The van der Waals surface area contributed by atoms with Gasteiger partial charge in [-0.2, -0.15) is 0 Å². The number of benzene rings is 1. The highest BCUT2D eigenvalue weighted by Crippen LogP contribution is 2.24. The molecule has 0 aromatic heterocycles. The first-order valence-corrected chi connectivity index (χ1v) is 7.06. The van der Waals surface area contributed by atoms with Crippen LogP contribution in [0.15, 0.2) is 30.3 Å². The molecule has 1 aliphatic heterocycles. The third-order valence-electron chi connectivity index (χ3n) is 3.59. The minimum absolute atomic E-state index is 0.0240. The van der Waals surface area contributed by atoms with Crippen molar-refractivity contribution >= 4 is 11.7 Å². The van der Waals surface area contributed by atoms with Gasteiger partial charge in [0.05, 0.1) is 13.2 Å². The van der Waals surface area contributed by atoms with Crippen LogP contribution < -0.4 is 0 Å². The van der Waals surface area contributed by atoms with Gasteiger partial charge in [0.2, 0.25) is 5.91 Å². The van der Waals surface area contributed by atoms with Crippen molar-refractivity contribution in [1.82, 2.24) is 4.90 Å². The molecule has 0 N–H and O–H groups in total. The zero-order valence-electron chi connectivity index (χ0n) is 11.9. The van der Waals surface area contributed by atoms with Gasteiger partial charge in [0.25, 0.3) is 0 Å². The van der Waals surface area contributed by atoms with Gasteiger partial charge in [-0.3, -0.25) is 4.79 Å². The number of ketones is 1. The molecule has 20 heavy (non-hydrogen) atoms. The molecule has 1 aromatic rings. The number of nitrogens with zero attached hydrogens (tertiary/aromatic N) is 1. The van der Waals surface area contributed by atoms with Gasteiger partial charge in [-0.15, -0.1) is 0 Å². The third kappa shape index (κ3) is 4.17. The number of morpholine rings is 1. The summed E-state index contributed by atoms with van der Waals surface area (Å²) in [5.41, 5.74) is 1.06. The summed E-state index contributed by atoms with van der Waals surface area (Å²) in [6, 6.07) is 9.81. The van der Waals surface area contributed by atoms with E-state index in [9.17, 15) is 9.59 Å². The minimum Gasteiger partial charge on any atom is -0.378 e. The van der Waals surface area contributed by atoms with Crippen LogP contribution in [-0.2, 0) is 14.3 Å². The fraction of sp³-hybridized carbons (Fsp3) is 0.500. The Balaban J connectivity index is 2.03. The molecule has 1 saturated heterocycles. The van der Waals surface area contributed by atoms with E-state index in [1.54, 1.807) is 6.92 Å². The van der Waals surface area contributed by atoms with Crippen LogP contribution in [0.5, 0.6) is 0 Å². The van der Waals surface area contributed by atoms with Crippen molar-refractivity contribution < 1.29 is 14.3 Å². The molecule has 4 nitrogen and oxygen atoms in total. The van der Waals surface area contributed by atoms with E-state index < -0.39 is 0 Å². The van der Waals surface area contributed by atoms with E-state index >= 15 is 0 Å². The minimum atomic E-state index is -0.0240. The summed E-state index contributed by atoms with van der Waals surface area (Å²) in [6.07, 6.45) is 0.809. The molecule has 1 atom stereocenters. The van der Waals surface area contributed by atoms with E-state index in [2.05, 4.69) is 0 Å². The summed E-state index contributed by atoms with van der Waals surface area (Å²) < 4.78 is 5.26. The number of Topliss-reactive ketones (excluding diaryl/α,β-unsaturated/α-hetero) is 1. The van der Waals surface area contributed by atoms with Crippen molar-refractivity contribution in [3.63, 3.8) is 0 Å². The normalized spacial score (nSPS) is 16.8. The summed E-state index contributed by atoms with van der Waals surface area (Å²) >= 11 is 0. The lowest BCUT2D eigenvalue weighted by Crippen LogP contribution is -2.41. The second-order valence-electron chi connectivity index (χ2n) is 5.21. The van der Waals surface area contributed by atoms with Gasteiger partial charge < -0.3 is 14.4 Å². The van der Waals surface area contributed by atoms with Gasteiger partial charge in [0, 0.05) is 25.9 Å². The van der Waals surface area contributed by atoms with Crippen molar-refractivity contribution in [3.05, 3.63) is 35.9 Å². The lowest BCUT2D eigenvalue weighted by molar-refractivity contribution is -0.135. The maximum Gasteiger partial charge on any atom is 0.223 e. The third-order valence-corrected chi connectivity index (χ3v) is 3.59. The second kappa shape index (κ2) is 7.20. The highest BCUT2D eigenvalue weighted by molar-refractivity contribution is 5.80. The van der Waals surface area contributed by atoms with Crippen LogP contribution in [0.2, 0.25) is 0 Å². The van der Waals surface area contributed by atoms with E-state index in [0.29, 0.717) is 39.1 Å². The van der Waals surface area contributed by atoms with Crippen molar-refractivity contribution in [2.45, 2.75) is 25.7 Å². The number of carbonyl (C=O) groups excluding carboxylic acids is 2. The Hall–Kier alpha value is -1.68. The summed E-state index contributed by atoms with van der Waals surface area (Å²) in [7, 11) is 0. The van der Waals surface area contributed by atoms with E-state index in [1.807, 2.05) is 35.2 Å². The van der Waals surface area contributed by atoms with Crippen LogP contribution in [0.1, 0.15) is 31.2 Å². The molecule has 1 amide bonds. The SMILES string of the molecule is CC(=O)CC(CC(=O)N1CCOCC1)c1ccccc1. The summed E-state index contributed by atoms with van der Waals surface area (Å²) in [6.45, 7) is 4.10. The number of hydrogen-bond acceptors (Lipinski definition) is 3. The number of rotatable bonds is 5. The van der Waals surface area contributed by atoms with Gasteiger partial charge in [-0.05, 0) is 18.4 Å². The molecular weight excluding hydrogens is 254 g/mol. The molecule has 4 heteroatoms. The molecule has 0 bridgehead atoms. The van der Waals surface area contributed by atoms with Gasteiger partial charge in [0.1, 0.15) is 5.78 Å². The molecule has 0 spiro atoms. The topological polar surface area (TPSA) is 46.6 Å². The predicted molar refractivity (Wildman–Crippen MR) is 76.5 cm³/mol. The van der Waals surface area contributed by atoms with Gasteiger partial charge in [-0.25, -0.2) is 0 Å². The average molecular weight is 275 g/mol. The smallest absolute Gasteiger partial charge is 0.223 e. The van der Waals surface area contributed by atoms with Crippen molar-refractivity contribution in [1.29, 1.82) is 0 Å². The van der Waals surface area contributed by atoms with Crippen molar-refractivity contribution in [3.8, 4) is 0 Å². The van der Waals surface area contributed by atoms with Crippen LogP contribution in [0.25, 0.3) is 0 Å². The zero-order valence-corrected chi connectivity index (χ0v) is 11.9. The van der Waals surface area contributed by atoms with Crippen LogP contribution in [0.4, 0.5) is 0 Å². The fourth-order valence-corrected chi connectivity index (χ4v) is 2.53. The summed E-state index contributed by atoms with van der Waals surface area (Å²) in [4.78, 5) is 25.6. The summed E-state index contributed by atoms with van der Waals surface area (Å²) in [5, 5.41) is 0. The number of ether oxygens (including phenoxy) is 1. The Morgan fingerprint density at radius 2 is 1.80 bits per heavy atom. The van der Waals surface area contributed by atoms with E-state index in [1.165, 1.54) is 0 Å². The fourth-order valence-electron chi connectivity index (χ4n) is 2.53. The number of amides is 1. The Kier molecular flexibility index (Phi) is 5.30. The Labute approximate surface area is 119 Å². The largest absolute Gasteiger partial charge is 0.378 e. The molecule has 1 aliphatic rings. The summed E-state index contributed by atoms with van der Waals surface area (Å²) in [5.74, 6) is 0.209. The highest BCUT2D eigenvalue weighted by atomic mass is 16.5. The van der Waals surface area contributed by atoms with Gasteiger partial charge in [0.15, 0.2) is 0 Å². The van der Waals surface area contributed by atoms with Crippen LogP contribution in [-0.4, -0.2) is 42.9 Å². The highest BCUT2D eigenvalue weighted by Gasteiger charge is 2.23. The molecule has 108 valence electrons. The maximum atomic E-state index is 12.3. The molecule has 1 fully saturated rings. The Morgan fingerprint density at radius 3 is 2.40 bits per heavy atom. The first-order valence-electron chi connectivity index (χ1n) is 7.06. The van der Waals surface area contributed by atoms with Crippen LogP contribution >= 0.6 is 0 Å².